The number of nitrogens with zero attached hydrogens (tertiary/aromatic N) is 1. The van der Waals surface area contributed by atoms with Gasteiger partial charge >= 0.3 is 6.03 Å². The van der Waals surface area contributed by atoms with Gasteiger partial charge in [-0.05, 0) is 88.6 Å². The van der Waals surface area contributed by atoms with Gasteiger partial charge in [-0.2, -0.15) is 0 Å². The monoisotopic (exact) mass is 608 g/mol. The molecule has 1 aliphatic heterocycles. The number of ether oxygens (including phenoxy) is 3. The van der Waals surface area contributed by atoms with Crippen molar-refractivity contribution in [2.75, 3.05) is 18.1 Å². The van der Waals surface area contributed by atoms with Crippen molar-refractivity contribution < 1.29 is 28.6 Å². The van der Waals surface area contributed by atoms with Gasteiger partial charge in [0.05, 0.1) is 16.8 Å². The Labute approximate surface area is 238 Å². The van der Waals surface area contributed by atoms with Crippen LogP contribution < -0.4 is 24.4 Å². The number of amides is 4. The molecule has 0 aliphatic carbocycles. The highest BCUT2D eigenvalue weighted by atomic mass is 79.9. The van der Waals surface area contributed by atoms with Crippen LogP contribution in [0.15, 0.2) is 70.7 Å². The molecule has 1 heterocycles. The summed E-state index contributed by atoms with van der Waals surface area (Å²) in [7, 11) is 0. The minimum Gasteiger partial charge on any atom is -0.490 e. The molecule has 0 radical (unpaired) electrons. The number of hydrogen-bond acceptors (Lipinski definition) is 6. The maximum Gasteiger partial charge on any atom is 0.335 e. The lowest BCUT2D eigenvalue weighted by atomic mass is 10.1. The summed E-state index contributed by atoms with van der Waals surface area (Å²) in [5.41, 5.74) is 1.43. The van der Waals surface area contributed by atoms with E-state index in [1.54, 1.807) is 55.5 Å². The third-order valence-electron chi connectivity index (χ3n) is 5.46. The van der Waals surface area contributed by atoms with Crippen molar-refractivity contribution in [3.05, 3.63) is 86.9 Å². The van der Waals surface area contributed by atoms with E-state index in [9.17, 15) is 14.4 Å². The van der Waals surface area contributed by atoms with Gasteiger partial charge < -0.3 is 14.2 Å². The minimum absolute atomic E-state index is 0.0298. The highest BCUT2D eigenvalue weighted by Gasteiger charge is 2.37. The Bertz CT molecular complexity index is 1480. The fraction of sp³-hybridized carbons (Fsp3) is 0.138. The molecule has 10 heteroatoms. The molecule has 3 aromatic rings. The second kappa shape index (κ2) is 12.5. The normalized spacial score (nSPS) is 14.2. The van der Waals surface area contributed by atoms with Crippen LogP contribution in [0.4, 0.5) is 10.5 Å². The molecule has 4 amide bonds. The molecule has 0 bridgehead atoms. The second-order valence-corrected chi connectivity index (χ2v) is 9.41. The zero-order chi connectivity index (χ0) is 27.9. The predicted octanol–water partition coefficient (Wildman–Crippen LogP) is 5.76. The number of carbonyl (C=O) groups is 3. The molecule has 1 fully saturated rings. The van der Waals surface area contributed by atoms with E-state index < -0.39 is 17.8 Å². The highest BCUT2D eigenvalue weighted by molar-refractivity contribution is 9.10. The molecule has 198 valence electrons. The maximum atomic E-state index is 13.3. The third kappa shape index (κ3) is 6.60. The Morgan fingerprint density at radius 2 is 1.74 bits per heavy atom. The number of urea groups is 1. The molecule has 0 spiro atoms. The van der Waals surface area contributed by atoms with Gasteiger partial charge in [0.15, 0.2) is 11.5 Å². The fourth-order valence-corrected chi connectivity index (χ4v) is 4.39. The summed E-state index contributed by atoms with van der Waals surface area (Å²) in [6.45, 7) is 2.49. The van der Waals surface area contributed by atoms with Crippen LogP contribution in [0.3, 0.4) is 0 Å². The van der Waals surface area contributed by atoms with E-state index in [2.05, 4.69) is 27.2 Å². The average molecular weight is 610 g/mol. The van der Waals surface area contributed by atoms with E-state index in [-0.39, 0.29) is 17.9 Å². The molecule has 1 aliphatic rings. The van der Waals surface area contributed by atoms with Gasteiger partial charge in [0.25, 0.3) is 11.8 Å². The number of rotatable bonds is 9. The fourth-order valence-electron chi connectivity index (χ4n) is 3.69. The SMILES string of the molecule is C#CCOc1c(Br)cc(/C=C2\C(=O)NC(=O)N(c3ccc(OCc4ccc(Cl)cc4)cc3)C2=O)cc1OCC. The van der Waals surface area contributed by atoms with Crippen LogP contribution in [-0.2, 0) is 16.2 Å². The first kappa shape index (κ1) is 27.8. The van der Waals surface area contributed by atoms with Crippen molar-refractivity contribution in [3.63, 3.8) is 0 Å². The second-order valence-electron chi connectivity index (χ2n) is 8.12. The molecular formula is C29H22BrClN2O6. The number of nitrogens with one attached hydrogen (secondary N) is 1. The summed E-state index contributed by atoms with van der Waals surface area (Å²) < 4.78 is 17.5. The van der Waals surface area contributed by atoms with Crippen LogP contribution in [0, 0.1) is 12.3 Å². The van der Waals surface area contributed by atoms with E-state index >= 15 is 0 Å². The number of benzene rings is 3. The van der Waals surface area contributed by atoms with Crippen molar-refractivity contribution in [1.82, 2.24) is 5.32 Å². The van der Waals surface area contributed by atoms with Crippen LogP contribution in [0.2, 0.25) is 5.02 Å². The van der Waals surface area contributed by atoms with Crippen LogP contribution in [0.25, 0.3) is 6.08 Å². The highest BCUT2D eigenvalue weighted by Crippen LogP contribution is 2.38. The van der Waals surface area contributed by atoms with Crippen molar-refractivity contribution in [1.29, 1.82) is 0 Å². The lowest BCUT2D eigenvalue weighted by Gasteiger charge is -2.26. The van der Waals surface area contributed by atoms with Crippen molar-refractivity contribution >= 4 is 57.1 Å². The first-order chi connectivity index (χ1) is 18.8. The Kier molecular flexibility index (Phi) is 8.92. The molecule has 1 N–H and O–H groups in total. The third-order valence-corrected chi connectivity index (χ3v) is 6.30. The number of anilines is 1. The number of barbiturate groups is 1. The van der Waals surface area contributed by atoms with Crippen molar-refractivity contribution in [2.45, 2.75) is 13.5 Å². The van der Waals surface area contributed by atoms with E-state index in [4.69, 9.17) is 32.2 Å². The lowest BCUT2D eigenvalue weighted by Crippen LogP contribution is -2.54. The van der Waals surface area contributed by atoms with Crippen LogP contribution >= 0.6 is 27.5 Å². The van der Waals surface area contributed by atoms with Crippen LogP contribution in [0.5, 0.6) is 17.2 Å². The zero-order valence-electron chi connectivity index (χ0n) is 20.7. The molecule has 1 saturated heterocycles. The summed E-state index contributed by atoms with van der Waals surface area (Å²) >= 11 is 9.33. The summed E-state index contributed by atoms with van der Waals surface area (Å²) in [4.78, 5) is 39.5. The maximum absolute atomic E-state index is 13.3. The lowest BCUT2D eigenvalue weighted by molar-refractivity contribution is -0.122. The molecular weight excluding hydrogens is 588 g/mol. The number of halogens is 2. The molecule has 0 saturated carbocycles. The standard InChI is InChI=1S/C29H22BrClN2O6/c1-3-13-38-26-24(30)15-19(16-25(26)37-4-2)14-23-27(34)32-29(36)33(28(23)35)21-9-11-22(12-10-21)39-17-18-5-7-20(31)8-6-18/h1,5-12,14-16H,4,13,17H2,2H3,(H,32,34,36)/b23-14+. The molecule has 39 heavy (non-hydrogen) atoms. The van der Waals surface area contributed by atoms with Gasteiger partial charge in [-0.25, -0.2) is 9.69 Å². The number of imide groups is 2. The van der Waals surface area contributed by atoms with E-state index in [0.29, 0.717) is 45.5 Å². The van der Waals surface area contributed by atoms with Gasteiger partial charge in [0.1, 0.15) is 24.5 Å². The van der Waals surface area contributed by atoms with Crippen LogP contribution in [0.1, 0.15) is 18.1 Å². The summed E-state index contributed by atoms with van der Waals surface area (Å²) in [6, 6.07) is 16.0. The van der Waals surface area contributed by atoms with E-state index in [1.165, 1.54) is 6.08 Å². The number of carbonyl (C=O) groups excluding carboxylic acids is 3. The smallest absolute Gasteiger partial charge is 0.335 e. The van der Waals surface area contributed by atoms with Crippen molar-refractivity contribution in [3.8, 4) is 29.6 Å². The van der Waals surface area contributed by atoms with E-state index in [1.807, 2.05) is 12.1 Å². The Morgan fingerprint density at radius 3 is 2.41 bits per heavy atom. The largest absolute Gasteiger partial charge is 0.490 e. The predicted molar refractivity (Wildman–Crippen MR) is 151 cm³/mol. The summed E-state index contributed by atoms with van der Waals surface area (Å²) in [6.07, 6.45) is 6.67. The molecule has 0 unspecified atom stereocenters. The average Bonchev–Trinajstić information content (AvgIpc) is 2.91. The summed E-state index contributed by atoms with van der Waals surface area (Å²) in [5.74, 6) is 2.10. The van der Waals surface area contributed by atoms with Gasteiger partial charge in [0.2, 0.25) is 0 Å². The molecule has 0 aromatic heterocycles. The Balaban J connectivity index is 1.56. The molecule has 0 atom stereocenters. The van der Waals surface area contributed by atoms with E-state index in [0.717, 1.165) is 10.5 Å². The van der Waals surface area contributed by atoms with Crippen LogP contribution in [-0.4, -0.2) is 31.1 Å². The number of hydrogen-bond donors (Lipinski definition) is 1. The topological polar surface area (TPSA) is 94.2 Å². The van der Waals surface area contributed by atoms with Crippen molar-refractivity contribution in [2.24, 2.45) is 0 Å². The molecule has 3 aromatic carbocycles. The van der Waals surface area contributed by atoms with Gasteiger partial charge in [0, 0.05) is 5.02 Å². The Hall–Kier alpha value is -4.26. The first-order valence-corrected chi connectivity index (χ1v) is 12.9. The Morgan fingerprint density at radius 1 is 1.03 bits per heavy atom. The first-order valence-electron chi connectivity index (χ1n) is 11.7. The minimum atomic E-state index is -0.855. The quantitative estimate of drug-likeness (QED) is 0.188. The molecule has 4 rings (SSSR count). The van der Waals surface area contributed by atoms with Gasteiger partial charge in [-0.1, -0.05) is 29.7 Å². The van der Waals surface area contributed by atoms with Gasteiger partial charge in [-0.15, -0.1) is 6.42 Å². The summed E-state index contributed by atoms with van der Waals surface area (Å²) in [5, 5.41) is 2.85. The molecule has 8 nitrogen and oxygen atoms in total. The number of terminal acetylenes is 1. The van der Waals surface area contributed by atoms with Gasteiger partial charge in [-0.3, -0.25) is 14.9 Å². The zero-order valence-corrected chi connectivity index (χ0v) is 23.0.